The van der Waals surface area contributed by atoms with Gasteiger partial charge >= 0.3 is 5.97 Å². The number of aromatic carboxylic acids is 1. The third kappa shape index (κ3) is 4.27. The van der Waals surface area contributed by atoms with Crippen molar-refractivity contribution >= 4 is 28.7 Å². The number of allylic oxidation sites excluding steroid dienone is 2. The van der Waals surface area contributed by atoms with Gasteiger partial charge in [-0.05, 0) is 78.3 Å². The molecule has 0 bridgehead atoms. The van der Waals surface area contributed by atoms with Crippen molar-refractivity contribution < 1.29 is 14.6 Å². The lowest BCUT2D eigenvalue weighted by Gasteiger charge is -2.16. The van der Waals surface area contributed by atoms with E-state index in [-0.39, 0.29) is 0 Å². The monoisotopic (exact) mass is 418 g/mol. The van der Waals surface area contributed by atoms with Gasteiger partial charge in [-0.25, -0.2) is 4.79 Å². The highest BCUT2D eigenvalue weighted by Gasteiger charge is 2.22. The van der Waals surface area contributed by atoms with Crippen LogP contribution in [0.5, 0.6) is 5.75 Å². The number of aryl methyl sites for hydroxylation is 1. The lowest BCUT2D eigenvalue weighted by Crippen LogP contribution is -2.01. The van der Waals surface area contributed by atoms with E-state index < -0.39 is 5.97 Å². The van der Waals surface area contributed by atoms with Gasteiger partial charge in [-0.15, -0.1) is 0 Å². The van der Waals surface area contributed by atoms with Crippen molar-refractivity contribution in [2.75, 3.05) is 0 Å². The van der Waals surface area contributed by atoms with Crippen LogP contribution in [-0.4, -0.2) is 11.1 Å². The molecule has 0 saturated carbocycles. The van der Waals surface area contributed by atoms with Crippen molar-refractivity contribution in [1.29, 1.82) is 0 Å². The zero-order valence-corrected chi connectivity index (χ0v) is 17.6. The predicted molar refractivity (Wildman–Crippen MR) is 121 cm³/mol. The highest BCUT2D eigenvalue weighted by atomic mass is 35.5. The molecule has 0 amide bonds. The molecule has 4 heteroatoms. The maximum absolute atomic E-state index is 11.6. The van der Waals surface area contributed by atoms with E-state index in [9.17, 15) is 9.90 Å². The summed E-state index contributed by atoms with van der Waals surface area (Å²) in [7, 11) is 0. The molecule has 1 aliphatic rings. The Morgan fingerprint density at radius 2 is 1.77 bits per heavy atom. The lowest BCUT2D eigenvalue weighted by atomic mass is 9.94. The Kier molecular flexibility index (Phi) is 5.91. The molecule has 0 atom stereocenters. The second-order valence-corrected chi connectivity index (χ2v) is 8.00. The zero-order valence-electron chi connectivity index (χ0n) is 16.8. The number of halogens is 1. The molecule has 0 heterocycles. The summed E-state index contributed by atoms with van der Waals surface area (Å²) in [6, 6.07) is 21.4. The van der Waals surface area contributed by atoms with E-state index in [1.807, 2.05) is 67.6 Å². The number of carbonyl (C=O) groups is 1. The van der Waals surface area contributed by atoms with Gasteiger partial charge in [-0.2, -0.15) is 0 Å². The number of ether oxygens (including phenoxy) is 1. The average Bonchev–Trinajstić information content (AvgIpc) is 3.23. The van der Waals surface area contributed by atoms with E-state index in [1.165, 1.54) is 11.1 Å². The fraction of sp³-hybridized carbons (Fsp3) is 0.192. The molecule has 0 aliphatic heterocycles. The van der Waals surface area contributed by atoms with Crippen molar-refractivity contribution in [3.8, 4) is 5.75 Å². The van der Waals surface area contributed by atoms with E-state index in [2.05, 4.69) is 0 Å². The lowest BCUT2D eigenvalue weighted by molar-refractivity contribution is 0.0696. The molecule has 3 aromatic carbocycles. The maximum Gasteiger partial charge on any atom is 0.335 e. The summed E-state index contributed by atoms with van der Waals surface area (Å²) < 4.78 is 6.17. The van der Waals surface area contributed by atoms with Crippen LogP contribution in [0.2, 0.25) is 5.02 Å². The van der Waals surface area contributed by atoms with E-state index >= 15 is 0 Å². The minimum atomic E-state index is -0.899. The van der Waals surface area contributed by atoms with E-state index in [4.69, 9.17) is 16.3 Å². The van der Waals surface area contributed by atoms with Crippen molar-refractivity contribution in [1.82, 2.24) is 0 Å². The molecule has 0 unspecified atom stereocenters. The molecule has 0 fully saturated rings. The Morgan fingerprint density at radius 1 is 1.00 bits per heavy atom. The first-order chi connectivity index (χ1) is 14.5. The molecule has 0 aromatic heterocycles. The Labute approximate surface area is 181 Å². The summed E-state index contributed by atoms with van der Waals surface area (Å²) in [4.78, 5) is 11.6. The van der Waals surface area contributed by atoms with Gasteiger partial charge in [0.15, 0.2) is 0 Å². The summed E-state index contributed by atoms with van der Waals surface area (Å²) >= 11 is 6.34. The summed E-state index contributed by atoms with van der Waals surface area (Å²) in [5.41, 5.74) is 6.51. The van der Waals surface area contributed by atoms with Crippen LogP contribution in [0.3, 0.4) is 0 Å². The molecule has 4 rings (SSSR count). The van der Waals surface area contributed by atoms with Crippen LogP contribution in [0, 0.1) is 6.92 Å². The van der Waals surface area contributed by atoms with Crippen LogP contribution in [0.15, 0.2) is 66.7 Å². The molecule has 152 valence electrons. The Hall–Kier alpha value is -3.04. The quantitative estimate of drug-likeness (QED) is 0.467. The van der Waals surface area contributed by atoms with Crippen molar-refractivity contribution in [3.63, 3.8) is 0 Å². The highest BCUT2D eigenvalue weighted by Crippen LogP contribution is 2.44. The molecule has 0 radical (unpaired) electrons. The number of hydrogen-bond acceptors (Lipinski definition) is 2. The zero-order chi connectivity index (χ0) is 21.1. The van der Waals surface area contributed by atoms with Gasteiger partial charge in [0.05, 0.1) is 5.56 Å². The number of hydrogen-bond donors (Lipinski definition) is 1. The van der Waals surface area contributed by atoms with E-state index in [0.717, 1.165) is 47.3 Å². The molecule has 0 spiro atoms. The Bertz CT molecular complexity index is 1120. The van der Waals surface area contributed by atoms with Crippen LogP contribution in [-0.2, 0) is 6.61 Å². The molecule has 0 saturated heterocycles. The number of carboxylic acid groups (broad SMARTS) is 1. The summed E-state index contributed by atoms with van der Waals surface area (Å²) in [6.45, 7) is 2.30. The van der Waals surface area contributed by atoms with Crippen LogP contribution >= 0.6 is 11.6 Å². The van der Waals surface area contributed by atoms with Gasteiger partial charge in [0.25, 0.3) is 0 Å². The molecule has 3 nitrogen and oxygen atoms in total. The van der Waals surface area contributed by atoms with Gasteiger partial charge in [-0.3, -0.25) is 0 Å². The number of benzene rings is 3. The molecule has 1 aliphatic carbocycles. The minimum absolute atomic E-state index is 0.345. The molecular weight excluding hydrogens is 396 g/mol. The van der Waals surface area contributed by atoms with Crippen molar-refractivity contribution in [3.05, 3.63) is 99.6 Å². The van der Waals surface area contributed by atoms with Gasteiger partial charge in [-0.1, -0.05) is 54.1 Å². The SMILES string of the molecule is Cc1ccc(C2=C(c3cc(Cl)ccc3OCc3ccccc3)CCC2)cc1C(=O)O. The third-order valence-electron chi connectivity index (χ3n) is 5.54. The van der Waals surface area contributed by atoms with Crippen molar-refractivity contribution in [2.45, 2.75) is 32.8 Å². The molecule has 1 N–H and O–H groups in total. The van der Waals surface area contributed by atoms with Crippen LogP contribution in [0.1, 0.15) is 51.9 Å². The smallest absolute Gasteiger partial charge is 0.335 e. The number of carboxylic acids is 1. The summed E-state index contributed by atoms with van der Waals surface area (Å²) in [5.74, 6) is -0.104. The van der Waals surface area contributed by atoms with Crippen LogP contribution in [0.25, 0.3) is 11.1 Å². The first-order valence-corrected chi connectivity index (χ1v) is 10.4. The maximum atomic E-state index is 11.6. The second-order valence-electron chi connectivity index (χ2n) is 7.56. The standard InChI is InChI=1S/C26H23ClO3/c1-17-10-11-19(14-23(17)26(28)29)21-8-5-9-22(21)24-15-20(27)12-13-25(24)30-16-18-6-3-2-4-7-18/h2-4,6-7,10-15H,5,8-9,16H2,1H3,(H,28,29). The van der Waals surface area contributed by atoms with Crippen LogP contribution < -0.4 is 4.74 Å². The van der Waals surface area contributed by atoms with Gasteiger partial charge < -0.3 is 9.84 Å². The van der Waals surface area contributed by atoms with Gasteiger partial charge in [0.2, 0.25) is 0 Å². The molecule has 3 aromatic rings. The van der Waals surface area contributed by atoms with Crippen LogP contribution in [0.4, 0.5) is 0 Å². The molecular formula is C26H23ClO3. The highest BCUT2D eigenvalue weighted by molar-refractivity contribution is 6.30. The first kappa shape index (κ1) is 20.2. The van der Waals surface area contributed by atoms with Gasteiger partial charge in [0.1, 0.15) is 12.4 Å². The number of rotatable bonds is 6. The summed E-state index contributed by atoms with van der Waals surface area (Å²) in [5, 5.41) is 10.2. The Morgan fingerprint density at radius 3 is 2.53 bits per heavy atom. The topological polar surface area (TPSA) is 46.5 Å². The fourth-order valence-electron chi connectivity index (χ4n) is 4.00. The summed E-state index contributed by atoms with van der Waals surface area (Å²) in [6.07, 6.45) is 2.83. The fourth-order valence-corrected chi connectivity index (χ4v) is 4.17. The molecule has 30 heavy (non-hydrogen) atoms. The van der Waals surface area contributed by atoms with E-state index in [0.29, 0.717) is 17.2 Å². The predicted octanol–water partition coefficient (Wildman–Crippen LogP) is 7.02. The normalized spacial score (nSPS) is 13.5. The van der Waals surface area contributed by atoms with E-state index in [1.54, 1.807) is 6.07 Å². The van der Waals surface area contributed by atoms with Gasteiger partial charge in [0, 0.05) is 10.6 Å². The second kappa shape index (κ2) is 8.76. The first-order valence-electron chi connectivity index (χ1n) is 10.1. The Balaban J connectivity index is 1.74. The average molecular weight is 419 g/mol. The largest absolute Gasteiger partial charge is 0.488 e. The third-order valence-corrected chi connectivity index (χ3v) is 5.77. The minimum Gasteiger partial charge on any atom is -0.488 e. The van der Waals surface area contributed by atoms with Crippen molar-refractivity contribution in [2.24, 2.45) is 0 Å².